The first kappa shape index (κ1) is 14.9. The Morgan fingerprint density at radius 1 is 1.35 bits per heavy atom. The molecule has 1 heterocycles. The Balaban J connectivity index is 2.35. The number of hydrogen-bond acceptors (Lipinski definition) is 4. The average Bonchev–Trinajstić information content (AvgIpc) is 2.30. The molecule has 17 heavy (non-hydrogen) atoms. The molecule has 0 bridgehead atoms. The molecule has 5 heteroatoms. The Morgan fingerprint density at radius 3 is 2.59 bits per heavy atom. The number of hydrogen-bond donors (Lipinski definition) is 1. The van der Waals surface area contributed by atoms with Crippen molar-refractivity contribution in [2.45, 2.75) is 33.2 Å². The summed E-state index contributed by atoms with van der Waals surface area (Å²) in [5, 5.41) is 3.49. The van der Waals surface area contributed by atoms with Gasteiger partial charge in [0.15, 0.2) is 9.84 Å². The molecule has 0 aromatic rings. The van der Waals surface area contributed by atoms with Crippen LogP contribution in [-0.2, 0) is 9.84 Å². The van der Waals surface area contributed by atoms with Gasteiger partial charge in [0.05, 0.1) is 5.75 Å². The first-order valence-corrected chi connectivity index (χ1v) is 8.46. The SMILES string of the molecule is CCNC1CCN(CCS(=O)(=O)CC)CC1C. The maximum Gasteiger partial charge on any atom is 0.151 e. The molecule has 1 aliphatic heterocycles. The Labute approximate surface area is 106 Å². The summed E-state index contributed by atoms with van der Waals surface area (Å²) in [5.74, 6) is 1.17. The van der Waals surface area contributed by atoms with E-state index in [4.69, 9.17) is 0 Å². The zero-order valence-electron chi connectivity index (χ0n) is 11.3. The molecule has 1 saturated heterocycles. The molecule has 0 aromatic carbocycles. The van der Waals surface area contributed by atoms with Crippen molar-refractivity contribution in [3.63, 3.8) is 0 Å². The van der Waals surface area contributed by atoms with E-state index in [1.807, 2.05) is 0 Å². The van der Waals surface area contributed by atoms with Crippen molar-refractivity contribution in [3.8, 4) is 0 Å². The molecule has 1 fully saturated rings. The highest BCUT2D eigenvalue weighted by Crippen LogP contribution is 2.16. The second-order valence-corrected chi connectivity index (χ2v) is 7.44. The summed E-state index contributed by atoms with van der Waals surface area (Å²) in [4.78, 5) is 2.28. The van der Waals surface area contributed by atoms with Crippen molar-refractivity contribution >= 4 is 9.84 Å². The molecule has 0 aliphatic carbocycles. The number of piperidine rings is 1. The van der Waals surface area contributed by atoms with E-state index in [0.29, 0.717) is 24.3 Å². The van der Waals surface area contributed by atoms with Gasteiger partial charge in [0.25, 0.3) is 0 Å². The number of sulfone groups is 1. The molecule has 0 aromatic heterocycles. The molecule has 1 rings (SSSR count). The van der Waals surface area contributed by atoms with Gasteiger partial charge in [-0.2, -0.15) is 0 Å². The molecule has 0 radical (unpaired) electrons. The largest absolute Gasteiger partial charge is 0.314 e. The first-order valence-electron chi connectivity index (χ1n) is 6.64. The van der Waals surface area contributed by atoms with Crippen molar-refractivity contribution in [3.05, 3.63) is 0 Å². The third-order valence-electron chi connectivity index (χ3n) is 3.61. The zero-order valence-corrected chi connectivity index (χ0v) is 12.1. The molecule has 0 spiro atoms. The fourth-order valence-electron chi connectivity index (χ4n) is 2.41. The average molecular weight is 262 g/mol. The minimum Gasteiger partial charge on any atom is -0.314 e. The number of likely N-dealkylation sites (tertiary alicyclic amines) is 1. The maximum absolute atomic E-state index is 11.5. The molecule has 1 aliphatic rings. The monoisotopic (exact) mass is 262 g/mol. The third kappa shape index (κ3) is 4.94. The highest BCUT2D eigenvalue weighted by Gasteiger charge is 2.25. The van der Waals surface area contributed by atoms with E-state index in [0.717, 1.165) is 26.1 Å². The first-order chi connectivity index (χ1) is 7.98. The number of nitrogens with one attached hydrogen (secondary N) is 1. The smallest absolute Gasteiger partial charge is 0.151 e. The van der Waals surface area contributed by atoms with Crippen LogP contribution in [0.2, 0.25) is 0 Å². The second kappa shape index (κ2) is 6.71. The van der Waals surface area contributed by atoms with Crippen LogP contribution in [-0.4, -0.2) is 57.0 Å². The Kier molecular flexibility index (Phi) is 5.89. The molecule has 2 unspecified atom stereocenters. The fourth-order valence-corrected chi connectivity index (χ4v) is 3.24. The van der Waals surface area contributed by atoms with Crippen molar-refractivity contribution < 1.29 is 8.42 Å². The van der Waals surface area contributed by atoms with Crippen molar-refractivity contribution in [2.24, 2.45) is 5.92 Å². The Hall–Kier alpha value is -0.130. The lowest BCUT2D eigenvalue weighted by Crippen LogP contribution is -2.49. The van der Waals surface area contributed by atoms with Crippen LogP contribution in [0.15, 0.2) is 0 Å². The van der Waals surface area contributed by atoms with Gasteiger partial charge < -0.3 is 10.2 Å². The molecule has 0 amide bonds. The van der Waals surface area contributed by atoms with Crippen molar-refractivity contribution in [1.82, 2.24) is 10.2 Å². The highest BCUT2D eigenvalue weighted by molar-refractivity contribution is 7.91. The van der Waals surface area contributed by atoms with Gasteiger partial charge in [-0.1, -0.05) is 20.8 Å². The van der Waals surface area contributed by atoms with Gasteiger partial charge in [-0.15, -0.1) is 0 Å². The molecule has 0 saturated carbocycles. The van der Waals surface area contributed by atoms with Gasteiger partial charge in [-0.25, -0.2) is 8.42 Å². The van der Waals surface area contributed by atoms with Gasteiger partial charge in [0.1, 0.15) is 0 Å². The van der Waals surface area contributed by atoms with Crippen LogP contribution < -0.4 is 5.32 Å². The van der Waals surface area contributed by atoms with Crippen LogP contribution in [0.1, 0.15) is 27.2 Å². The van der Waals surface area contributed by atoms with Crippen LogP contribution in [0.5, 0.6) is 0 Å². The lowest BCUT2D eigenvalue weighted by Gasteiger charge is -2.37. The topological polar surface area (TPSA) is 49.4 Å². The van der Waals surface area contributed by atoms with Gasteiger partial charge in [-0.3, -0.25) is 0 Å². The molecule has 2 atom stereocenters. The standard InChI is InChI=1S/C12H26N2O2S/c1-4-13-12-6-7-14(10-11(12)3)8-9-17(15,16)5-2/h11-13H,4-10H2,1-3H3. The summed E-state index contributed by atoms with van der Waals surface area (Å²) < 4.78 is 22.9. The lowest BCUT2D eigenvalue weighted by atomic mass is 9.94. The van der Waals surface area contributed by atoms with E-state index in [1.54, 1.807) is 6.92 Å². The van der Waals surface area contributed by atoms with Gasteiger partial charge in [-0.05, 0) is 25.4 Å². The molecule has 1 N–H and O–H groups in total. The lowest BCUT2D eigenvalue weighted by molar-refractivity contribution is 0.155. The summed E-state index contributed by atoms with van der Waals surface area (Å²) in [6.07, 6.45) is 1.13. The van der Waals surface area contributed by atoms with E-state index in [9.17, 15) is 8.42 Å². The van der Waals surface area contributed by atoms with Crippen LogP contribution in [0.3, 0.4) is 0 Å². The van der Waals surface area contributed by atoms with Gasteiger partial charge in [0.2, 0.25) is 0 Å². The van der Waals surface area contributed by atoms with E-state index >= 15 is 0 Å². The van der Waals surface area contributed by atoms with Gasteiger partial charge in [0, 0.05) is 24.9 Å². The van der Waals surface area contributed by atoms with E-state index in [-0.39, 0.29) is 5.75 Å². The fraction of sp³-hybridized carbons (Fsp3) is 1.00. The number of nitrogens with zero attached hydrogens (tertiary/aromatic N) is 1. The summed E-state index contributed by atoms with van der Waals surface area (Å²) >= 11 is 0. The van der Waals surface area contributed by atoms with E-state index in [1.165, 1.54) is 0 Å². The number of rotatable bonds is 6. The van der Waals surface area contributed by atoms with Crippen LogP contribution >= 0.6 is 0 Å². The summed E-state index contributed by atoms with van der Waals surface area (Å²) in [7, 11) is -2.82. The minimum absolute atomic E-state index is 0.260. The summed E-state index contributed by atoms with van der Waals surface area (Å²) in [6.45, 7) is 9.83. The van der Waals surface area contributed by atoms with Crippen LogP contribution in [0, 0.1) is 5.92 Å². The maximum atomic E-state index is 11.5. The minimum atomic E-state index is -2.82. The molecular formula is C12H26N2O2S. The van der Waals surface area contributed by atoms with E-state index < -0.39 is 9.84 Å². The Bertz CT molecular complexity index is 316. The Morgan fingerprint density at radius 2 is 2.06 bits per heavy atom. The van der Waals surface area contributed by atoms with E-state index in [2.05, 4.69) is 24.1 Å². The van der Waals surface area contributed by atoms with Crippen molar-refractivity contribution in [2.75, 3.05) is 37.7 Å². The highest BCUT2D eigenvalue weighted by atomic mass is 32.2. The van der Waals surface area contributed by atoms with Crippen LogP contribution in [0.4, 0.5) is 0 Å². The molecule has 102 valence electrons. The predicted molar refractivity (Wildman–Crippen MR) is 72.0 cm³/mol. The molecular weight excluding hydrogens is 236 g/mol. The normalized spacial score (nSPS) is 27.2. The summed E-state index contributed by atoms with van der Waals surface area (Å²) in [6, 6.07) is 0.596. The third-order valence-corrected chi connectivity index (χ3v) is 5.30. The predicted octanol–water partition coefficient (Wildman–Crippen LogP) is 0.741. The van der Waals surface area contributed by atoms with Gasteiger partial charge >= 0.3 is 0 Å². The quantitative estimate of drug-likeness (QED) is 0.767. The van der Waals surface area contributed by atoms with Crippen LogP contribution in [0.25, 0.3) is 0 Å². The molecule has 4 nitrogen and oxygen atoms in total. The second-order valence-electron chi connectivity index (χ2n) is 4.97. The summed E-state index contributed by atoms with van der Waals surface area (Å²) in [5.41, 5.74) is 0. The van der Waals surface area contributed by atoms with Crippen molar-refractivity contribution in [1.29, 1.82) is 0 Å². The zero-order chi connectivity index (χ0) is 12.9.